The summed E-state index contributed by atoms with van der Waals surface area (Å²) in [5, 5.41) is 3.31. The lowest BCUT2D eigenvalue weighted by Crippen LogP contribution is -2.32. The van der Waals surface area contributed by atoms with E-state index in [2.05, 4.69) is 5.32 Å². The Bertz CT molecular complexity index is 805. The zero-order valence-corrected chi connectivity index (χ0v) is 11.9. The molecule has 0 aliphatic carbocycles. The van der Waals surface area contributed by atoms with Crippen LogP contribution in [-0.4, -0.2) is 18.2 Å². The smallest absolute Gasteiger partial charge is 0.292 e. The van der Waals surface area contributed by atoms with Crippen molar-refractivity contribution in [3.63, 3.8) is 0 Å². The summed E-state index contributed by atoms with van der Waals surface area (Å²) in [4.78, 5) is 24.2. The highest BCUT2D eigenvalue weighted by Gasteiger charge is 2.20. The first kappa shape index (κ1) is 14.1. The number of hydrogen-bond acceptors (Lipinski definition) is 3. The van der Waals surface area contributed by atoms with Gasteiger partial charge in [-0.1, -0.05) is 48.5 Å². The summed E-state index contributed by atoms with van der Waals surface area (Å²) >= 11 is 0. The standard InChI is InChI=1S/C18H15NO3/c20-17(15-12-22-16-9-5-4-8-14(15)16)18(21)19-11-10-13-6-2-1-3-7-13/h1-9,12H,10-11H2,(H,19,21). The van der Waals surface area contributed by atoms with Gasteiger partial charge >= 0.3 is 0 Å². The largest absolute Gasteiger partial charge is 0.464 e. The number of Topliss-reactive ketones (excluding diaryl/α,β-unsaturated/α-hetero) is 1. The van der Waals surface area contributed by atoms with Gasteiger partial charge < -0.3 is 9.73 Å². The summed E-state index contributed by atoms with van der Waals surface area (Å²) in [6, 6.07) is 17.0. The van der Waals surface area contributed by atoms with E-state index in [4.69, 9.17) is 4.42 Å². The number of benzene rings is 2. The lowest BCUT2D eigenvalue weighted by atomic mass is 10.1. The van der Waals surface area contributed by atoms with Crippen LogP contribution in [0.5, 0.6) is 0 Å². The number of rotatable bonds is 5. The minimum absolute atomic E-state index is 0.299. The minimum atomic E-state index is -0.609. The van der Waals surface area contributed by atoms with Crippen LogP contribution in [0.3, 0.4) is 0 Å². The molecule has 0 saturated carbocycles. The summed E-state index contributed by atoms with van der Waals surface area (Å²) in [5.74, 6) is -1.18. The van der Waals surface area contributed by atoms with Crippen LogP contribution in [0.2, 0.25) is 0 Å². The SMILES string of the molecule is O=C(NCCc1ccccc1)C(=O)c1coc2ccccc12. The van der Waals surface area contributed by atoms with Crippen LogP contribution in [0.4, 0.5) is 0 Å². The maximum atomic E-state index is 12.2. The first-order valence-electron chi connectivity index (χ1n) is 7.08. The summed E-state index contributed by atoms with van der Waals surface area (Å²) in [6.45, 7) is 0.421. The molecule has 4 heteroatoms. The van der Waals surface area contributed by atoms with E-state index in [1.54, 1.807) is 12.1 Å². The molecular formula is C18H15NO3. The van der Waals surface area contributed by atoms with Crippen molar-refractivity contribution < 1.29 is 14.0 Å². The number of amides is 1. The average molecular weight is 293 g/mol. The Hall–Kier alpha value is -2.88. The van der Waals surface area contributed by atoms with Crippen molar-refractivity contribution in [2.45, 2.75) is 6.42 Å². The van der Waals surface area contributed by atoms with Crippen LogP contribution in [0.15, 0.2) is 65.3 Å². The average Bonchev–Trinajstić information content (AvgIpc) is 2.99. The highest BCUT2D eigenvalue weighted by Crippen LogP contribution is 2.20. The highest BCUT2D eigenvalue weighted by molar-refractivity contribution is 6.44. The molecule has 22 heavy (non-hydrogen) atoms. The normalized spacial score (nSPS) is 10.5. The number of ketones is 1. The van der Waals surface area contributed by atoms with Gasteiger partial charge in [-0.2, -0.15) is 0 Å². The fraction of sp³-hybridized carbons (Fsp3) is 0.111. The molecule has 1 N–H and O–H groups in total. The summed E-state index contributed by atoms with van der Waals surface area (Å²) in [6.07, 6.45) is 2.02. The molecule has 0 atom stereocenters. The van der Waals surface area contributed by atoms with Crippen molar-refractivity contribution in [2.24, 2.45) is 0 Å². The quantitative estimate of drug-likeness (QED) is 0.581. The molecule has 0 unspecified atom stereocenters. The van der Waals surface area contributed by atoms with Gasteiger partial charge in [-0.3, -0.25) is 9.59 Å². The fourth-order valence-electron chi connectivity index (χ4n) is 2.32. The van der Waals surface area contributed by atoms with Gasteiger partial charge in [0.1, 0.15) is 11.8 Å². The molecule has 3 rings (SSSR count). The van der Waals surface area contributed by atoms with Crippen LogP contribution in [0.25, 0.3) is 11.0 Å². The number of carbonyl (C=O) groups is 2. The number of carbonyl (C=O) groups excluding carboxylic acids is 2. The van der Waals surface area contributed by atoms with E-state index in [9.17, 15) is 9.59 Å². The third-order valence-corrected chi connectivity index (χ3v) is 3.47. The second-order valence-corrected chi connectivity index (χ2v) is 4.97. The van der Waals surface area contributed by atoms with Crippen molar-refractivity contribution in [2.75, 3.05) is 6.54 Å². The van der Waals surface area contributed by atoms with Crippen LogP contribution in [0, 0.1) is 0 Å². The number of nitrogens with one attached hydrogen (secondary N) is 1. The topological polar surface area (TPSA) is 59.3 Å². The molecule has 0 fully saturated rings. The Labute approximate surface area is 127 Å². The number of furan rings is 1. The van der Waals surface area contributed by atoms with E-state index in [-0.39, 0.29) is 0 Å². The maximum absolute atomic E-state index is 12.2. The molecule has 2 aromatic carbocycles. The Morgan fingerprint density at radius 2 is 1.68 bits per heavy atom. The van der Waals surface area contributed by atoms with Crippen LogP contribution < -0.4 is 5.32 Å². The molecule has 110 valence electrons. The lowest BCUT2D eigenvalue weighted by Gasteiger charge is -2.04. The van der Waals surface area contributed by atoms with E-state index < -0.39 is 11.7 Å². The molecule has 0 aliphatic rings. The van der Waals surface area contributed by atoms with E-state index in [0.29, 0.717) is 29.5 Å². The van der Waals surface area contributed by atoms with Gasteiger partial charge in [-0.15, -0.1) is 0 Å². The van der Waals surface area contributed by atoms with Crippen molar-refractivity contribution in [3.8, 4) is 0 Å². The maximum Gasteiger partial charge on any atom is 0.292 e. The molecule has 0 aliphatic heterocycles. The van der Waals surface area contributed by atoms with Gasteiger partial charge in [0.05, 0.1) is 5.56 Å². The Kier molecular flexibility index (Phi) is 4.01. The number of para-hydroxylation sites is 1. The van der Waals surface area contributed by atoms with Crippen molar-refractivity contribution in [3.05, 3.63) is 72.0 Å². The summed E-state index contributed by atoms with van der Waals surface area (Å²) in [7, 11) is 0. The van der Waals surface area contributed by atoms with Gasteiger partial charge in [0.2, 0.25) is 0 Å². The Balaban J connectivity index is 1.64. The molecule has 1 aromatic heterocycles. The lowest BCUT2D eigenvalue weighted by molar-refractivity contribution is -0.116. The molecule has 0 saturated heterocycles. The Morgan fingerprint density at radius 3 is 2.50 bits per heavy atom. The first-order chi connectivity index (χ1) is 10.8. The van der Waals surface area contributed by atoms with Crippen molar-refractivity contribution in [1.82, 2.24) is 5.32 Å². The fourth-order valence-corrected chi connectivity index (χ4v) is 2.32. The van der Waals surface area contributed by atoms with Gasteiger partial charge in [0, 0.05) is 11.9 Å². The molecule has 0 radical (unpaired) electrons. The second kappa shape index (κ2) is 6.26. The first-order valence-corrected chi connectivity index (χ1v) is 7.08. The molecular weight excluding hydrogens is 278 g/mol. The number of hydrogen-bond donors (Lipinski definition) is 1. The van der Waals surface area contributed by atoms with Crippen molar-refractivity contribution >= 4 is 22.7 Å². The van der Waals surface area contributed by atoms with Crippen LogP contribution in [-0.2, 0) is 11.2 Å². The molecule has 1 amide bonds. The van der Waals surface area contributed by atoms with Gasteiger partial charge in [-0.25, -0.2) is 0 Å². The highest BCUT2D eigenvalue weighted by atomic mass is 16.3. The molecule has 0 bridgehead atoms. The monoisotopic (exact) mass is 293 g/mol. The van der Waals surface area contributed by atoms with Gasteiger partial charge in [0.15, 0.2) is 0 Å². The van der Waals surface area contributed by atoms with E-state index >= 15 is 0 Å². The van der Waals surface area contributed by atoms with Crippen molar-refractivity contribution in [1.29, 1.82) is 0 Å². The predicted molar refractivity (Wildman–Crippen MR) is 83.7 cm³/mol. The van der Waals surface area contributed by atoms with Gasteiger partial charge in [-0.05, 0) is 18.1 Å². The zero-order chi connectivity index (χ0) is 15.4. The van der Waals surface area contributed by atoms with E-state index in [1.165, 1.54) is 6.26 Å². The summed E-state index contributed by atoms with van der Waals surface area (Å²) in [5.41, 5.74) is 2.01. The summed E-state index contributed by atoms with van der Waals surface area (Å²) < 4.78 is 5.29. The van der Waals surface area contributed by atoms with E-state index in [1.807, 2.05) is 42.5 Å². The van der Waals surface area contributed by atoms with Crippen LogP contribution >= 0.6 is 0 Å². The zero-order valence-electron chi connectivity index (χ0n) is 11.9. The molecule has 0 spiro atoms. The third kappa shape index (κ3) is 2.91. The molecule has 4 nitrogen and oxygen atoms in total. The van der Waals surface area contributed by atoms with E-state index in [0.717, 1.165) is 5.56 Å². The predicted octanol–water partition coefficient (Wildman–Crippen LogP) is 2.97. The Morgan fingerprint density at radius 1 is 0.955 bits per heavy atom. The van der Waals surface area contributed by atoms with Gasteiger partial charge in [0.25, 0.3) is 11.7 Å². The second-order valence-electron chi connectivity index (χ2n) is 4.97. The van der Waals surface area contributed by atoms with Crippen LogP contribution in [0.1, 0.15) is 15.9 Å². The third-order valence-electron chi connectivity index (χ3n) is 3.47. The molecule has 1 heterocycles. The molecule has 3 aromatic rings. The minimum Gasteiger partial charge on any atom is -0.464 e. The number of fused-ring (bicyclic) bond motifs is 1.